The van der Waals surface area contributed by atoms with Crippen LogP contribution in [0.2, 0.25) is 0 Å². The van der Waals surface area contributed by atoms with Gasteiger partial charge in [0.05, 0.1) is 4.92 Å². The lowest BCUT2D eigenvalue weighted by Crippen LogP contribution is -2.48. The van der Waals surface area contributed by atoms with Crippen LogP contribution in [-0.4, -0.2) is 32.5 Å². The molecule has 2 unspecified atom stereocenters. The van der Waals surface area contributed by atoms with E-state index in [1.54, 1.807) is 0 Å². The fourth-order valence-corrected chi connectivity index (χ4v) is 4.39. The molecule has 1 aromatic carbocycles. The van der Waals surface area contributed by atoms with Gasteiger partial charge in [-0.15, -0.1) is 0 Å². The number of halogens is 1. The normalized spacial score (nSPS) is 23.0. The van der Waals surface area contributed by atoms with Crippen molar-refractivity contribution in [2.24, 2.45) is 5.92 Å². The summed E-state index contributed by atoms with van der Waals surface area (Å²) in [4.78, 5) is 10.0. The second-order valence-electron chi connectivity index (χ2n) is 5.07. The molecule has 7 nitrogen and oxygen atoms in total. The minimum atomic E-state index is -3.94. The molecule has 2 N–H and O–H groups in total. The van der Waals surface area contributed by atoms with Crippen molar-refractivity contribution in [3.8, 4) is 0 Å². The Kier molecular flexibility index (Phi) is 4.97. The molecule has 1 saturated heterocycles. The summed E-state index contributed by atoms with van der Waals surface area (Å²) in [7, 11) is -3.94. The zero-order chi connectivity index (χ0) is 15.6. The van der Waals surface area contributed by atoms with E-state index in [1.165, 1.54) is 18.2 Å². The number of nitrogens with one attached hydrogen (secondary N) is 2. The third kappa shape index (κ3) is 3.79. The van der Waals surface area contributed by atoms with E-state index in [-0.39, 0.29) is 16.9 Å². The highest BCUT2D eigenvalue weighted by Gasteiger charge is 2.31. The van der Waals surface area contributed by atoms with Gasteiger partial charge >= 0.3 is 0 Å². The molecule has 1 heterocycles. The van der Waals surface area contributed by atoms with Crippen molar-refractivity contribution < 1.29 is 13.3 Å². The number of benzene rings is 1. The fraction of sp³-hybridized carbons (Fsp3) is 0.500. The lowest BCUT2D eigenvalue weighted by atomic mass is 9.97. The smallest absolute Gasteiger partial charge is 0.289 e. The lowest BCUT2D eigenvalue weighted by Gasteiger charge is -2.29. The molecule has 21 heavy (non-hydrogen) atoms. The van der Waals surface area contributed by atoms with E-state index in [1.807, 2.05) is 6.92 Å². The Hall–Kier alpha value is -1.03. The molecular weight excluding hydrogens is 362 g/mol. The molecule has 1 fully saturated rings. The van der Waals surface area contributed by atoms with Gasteiger partial charge in [-0.05, 0) is 37.6 Å². The van der Waals surface area contributed by atoms with Gasteiger partial charge in [-0.3, -0.25) is 10.1 Å². The Labute approximate surface area is 131 Å². The summed E-state index contributed by atoms with van der Waals surface area (Å²) in [5.41, 5.74) is -0.424. The fourth-order valence-electron chi connectivity index (χ4n) is 2.31. The van der Waals surface area contributed by atoms with Gasteiger partial charge < -0.3 is 5.32 Å². The zero-order valence-electron chi connectivity index (χ0n) is 11.4. The van der Waals surface area contributed by atoms with E-state index in [0.717, 1.165) is 6.54 Å². The van der Waals surface area contributed by atoms with Gasteiger partial charge in [0, 0.05) is 16.6 Å². The van der Waals surface area contributed by atoms with Gasteiger partial charge in [-0.25, -0.2) is 13.1 Å². The molecule has 0 aromatic heterocycles. The summed E-state index contributed by atoms with van der Waals surface area (Å²) >= 11 is 3.15. The second kappa shape index (κ2) is 6.39. The van der Waals surface area contributed by atoms with Crippen molar-refractivity contribution in [2.75, 3.05) is 13.1 Å². The minimum absolute atomic E-state index is 0.125. The quantitative estimate of drug-likeness (QED) is 0.613. The van der Waals surface area contributed by atoms with E-state index in [0.29, 0.717) is 17.4 Å². The molecule has 1 aromatic rings. The molecule has 116 valence electrons. The molecule has 0 radical (unpaired) electrons. The van der Waals surface area contributed by atoms with Gasteiger partial charge in [0.1, 0.15) is 0 Å². The zero-order valence-corrected chi connectivity index (χ0v) is 13.8. The number of nitrogens with zero attached hydrogens (tertiary/aromatic N) is 1. The van der Waals surface area contributed by atoms with E-state index in [4.69, 9.17) is 0 Å². The minimum Gasteiger partial charge on any atom is -0.316 e. The van der Waals surface area contributed by atoms with Crippen molar-refractivity contribution in [1.82, 2.24) is 10.0 Å². The molecular formula is C12H16BrN3O4S. The van der Waals surface area contributed by atoms with Gasteiger partial charge in [-0.2, -0.15) is 0 Å². The first-order valence-corrected chi connectivity index (χ1v) is 8.76. The number of rotatable bonds is 4. The molecule has 1 aliphatic heterocycles. The number of sulfonamides is 1. The first-order chi connectivity index (χ1) is 9.81. The Balaban J connectivity index is 2.35. The molecule has 0 saturated carbocycles. The number of nitro benzene ring substituents is 1. The van der Waals surface area contributed by atoms with Crippen LogP contribution in [0.4, 0.5) is 5.69 Å². The van der Waals surface area contributed by atoms with E-state index in [9.17, 15) is 18.5 Å². The summed E-state index contributed by atoms with van der Waals surface area (Å²) in [6.45, 7) is 3.38. The van der Waals surface area contributed by atoms with Crippen LogP contribution in [-0.2, 0) is 10.0 Å². The predicted molar refractivity (Wildman–Crippen MR) is 81.6 cm³/mol. The highest BCUT2D eigenvalue weighted by Crippen LogP contribution is 2.28. The summed E-state index contributed by atoms with van der Waals surface area (Å²) in [6, 6.07) is 3.66. The van der Waals surface area contributed by atoms with Crippen molar-refractivity contribution in [3.05, 3.63) is 32.8 Å². The standard InChI is InChI=1S/C12H16BrN3O4S/c1-8-7-14-5-4-10(8)15-21(19,20)12-6-9(13)2-3-11(12)16(17)18/h2-3,6,8,10,14-15H,4-5,7H2,1H3. The Morgan fingerprint density at radius 2 is 2.19 bits per heavy atom. The number of piperidine rings is 1. The second-order valence-corrected chi connectivity index (χ2v) is 7.67. The lowest BCUT2D eigenvalue weighted by molar-refractivity contribution is -0.387. The van der Waals surface area contributed by atoms with Gasteiger partial charge in [0.2, 0.25) is 10.0 Å². The Morgan fingerprint density at radius 3 is 2.81 bits per heavy atom. The molecule has 2 rings (SSSR count). The van der Waals surface area contributed by atoms with Gasteiger partial charge in [0.15, 0.2) is 4.90 Å². The molecule has 1 aliphatic rings. The molecule has 0 spiro atoms. The third-order valence-corrected chi connectivity index (χ3v) is 5.51. The Bertz CT molecular complexity index is 650. The SMILES string of the molecule is CC1CNCCC1NS(=O)(=O)c1cc(Br)ccc1[N+](=O)[O-]. The Morgan fingerprint density at radius 1 is 1.48 bits per heavy atom. The van der Waals surface area contributed by atoms with E-state index in [2.05, 4.69) is 26.0 Å². The summed E-state index contributed by atoms with van der Waals surface area (Å²) < 4.78 is 28.0. The maximum absolute atomic E-state index is 12.5. The van der Waals surface area contributed by atoms with Crippen LogP contribution in [0.5, 0.6) is 0 Å². The van der Waals surface area contributed by atoms with Crippen LogP contribution < -0.4 is 10.0 Å². The molecule has 0 amide bonds. The number of hydrogen-bond acceptors (Lipinski definition) is 5. The van der Waals surface area contributed by atoms with Crippen molar-refractivity contribution in [3.63, 3.8) is 0 Å². The van der Waals surface area contributed by atoms with E-state index < -0.39 is 20.6 Å². The number of hydrogen-bond donors (Lipinski definition) is 2. The van der Waals surface area contributed by atoms with Crippen LogP contribution in [0, 0.1) is 16.0 Å². The maximum atomic E-state index is 12.5. The van der Waals surface area contributed by atoms with Crippen molar-refractivity contribution in [2.45, 2.75) is 24.3 Å². The summed E-state index contributed by atoms with van der Waals surface area (Å²) in [6.07, 6.45) is 0.655. The highest BCUT2D eigenvalue weighted by atomic mass is 79.9. The summed E-state index contributed by atoms with van der Waals surface area (Å²) in [5.74, 6) is 0.125. The predicted octanol–water partition coefficient (Wildman–Crippen LogP) is 1.63. The highest BCUT2D eigenvalue weighted by molar-refractivity contribution is 9.10. The van der Waals surface area contributed by atoms with Crippen molar-refractivity contribution in [1.29, 1.82) is 0 Å². The topological polar surface area (TPSA) is 101 Å². The van der Waals surface area contributed by atoms with Crippen LogP contribution in [0.1, 0.15) is 13.3 Å². The van der Waals surface area contributed by atoms with E-state index >= 15 is 0 Å². The van der Waals surface area contributed by atoms with Crippen LogP contribution in [0.15, 0.2) is 27.6 Å². The van der Waals surface area contributed by atoms with Crippen LogP contribution in [0.3, 0.4) is 0 Å². The van der Waals surface area contributed by atoms with Crippen LogP contribution in [0.25, 0.3) is 0 Å². The van der Waals surface area contributed by atoms with Crippen molar-refractivity contribution >= 4 is 31.6 Å². The van der Waals surface area contributed by atoms with Gasteiger partial charge in [0.25, 0.3) is 5.69 Å². The summed E-state index contributed by atoms with van der Waals surface area (Å²) in [5, 5.41) is 14.2. The largest absolute Gasteiger partial charge is 0.316 e. The molecule has 2 atom stereocenters. The molecule has 0 aliphatic carbocycles. The molecule has 0 bridgehead atoms. The number of nitro groups is 1. The third-order valence-electron chi connectivity index (χ3n) is 3.50. The average molecular weight is 378 g/mol. The first kappa shape index (κ1) is 16.3. The maximum Gasteiger partial charge on any atom is 0.289 e. The van der Waals surface area contributed by atoms with Gasteiger partial charge in [-0.1, -0.05) is 22.9 Å². The average Bonchev–Trinajstić information content (AvgIpc) is 2.41. The first-order valence-electron chi connectivity index (χ1n) is 6.48. The molecule has 9 heteroatoms. The van der Waals surface area contributed by atoms with Crippen LogP contribution >= 0.6 is 15.9 Å². The monoisotopic (exact) mass is 377 g/mol.